The molecule has 0 bridgehead atoms. The van der Waals surface area contributed by atoms with E-state index >= 15 is 0 Å². The molecule has 0 atom stereocenters. The van der Waals surface area contributed by atoms with Crippen LogP contribution in [0.3, 0.4) is 0 Å². The zero-order chi connectivity index (χ0) is 11.0. The van der Waals surface area contributed by atoms with Crippen LogP contribution in [0.1, 0.15) is 30.1 Å². The average Bonchev–Trinajstić information content (AvgIpc) is 2.69. The fraction of sp³-hybridized carbons (Fsp3) is 0.727. The Hall–Kier alpha value is -0.680. The van der Waals surface area contributed by atoms with Gasteiger partial charge >= 0.3 is 0 Å². The van der Waals surface area contributed by atoms with Gasteiger partial charge in [-0.15, -0.1) is 0 Å². The van der Waals surface area contributed by atoms with Crippen molar-refractivity contribution < 1.29 is 4.74 Å². The molecule has 0 radical (unpaired) electrons. The van der Waals surface area contributed by atoms with Crippen LogP contribution < -0.4 is 5.73 Å². The molecule has 0 unspecified atom stereocenters. The normalized spacial score (nSPS) is 22.0. The van der Waals surface area contributed by atoms with Crippen LogP contribution in [0.15, 0.2) is 0 Å². The number of anilines is 1. The number of ether oxygens (including phenoxy) is 1. The van der Waals surface area contributed by atoms with Crippen molar-refractivity contribution in [2.75, 3.05) is 24.7 Å². The molecule has 1 aromatic rings. The topological polar surface area (TPSA) is 53.1 Å². The molecular weight excluding hydrogens is 222 g/mol. The van der Waals surface area contributed by atoms with E-state index < -0.39 is 0 Å². The lowest BCUT2D eigenvalue weighted by atomic mass is 10.1. The van der Waals surface area contributed by atoms with Gasteiger partial charge in [-0.2, -0.15) is 16.9 Å². The largest absolute Gasteiger partial charge is 0.384 e. The quantitative estimate of drug-likeness (QED) is 0.809. The summed E-state index contributed by atoms with van der Waals surface area (Å²) in [6, 6.07) is 0.448. The predicted molar refractivity (Wildman–Crippen MR) is 65.6 cm³/mol. The van der Waals surface area contributed by atoms with Crippen molar-refractivity contribution in [1.29, 1.82) is 0 Å². The first-order valence-electron chi connectivity index (χ1n) is 5.87. The van der Waals surface area contributed by atoms with Gasteiger partial charge in [0.1, 0.15) is 5.82 Å². The minimum Gasteiger partial charge on any atom is -0.384 e. The van der Waals surface area contributed by atoms with Crippen LogP contribution in [0.5, 0.6) is 0 Å². The second-order valence-electron chi connectivity index (χ2n) is 4.40. The Morgan fingerprint density at radius 3 is 2.94 bits per heavy atom. The molecule has 1 fully saturated rings. The summed E-state index contributed by atoms with van der Waals surface area (Å²) in [5.41, 5.74) is 8.71. The number of aryl methyl sites for hydroxylation is 1. The van der Waals surface area contributed by atoms with E-state index in [9.17, 15) is 0 Å². The molecule has 4 nitrogen and oxygen atoms in total. The summed E-state index contributed by atoms with van der Waals surface area (Å²) in [6.45, 7) is 1.67. The van der Waals surface area contributed by atoms with Gasteiger partial charge in [0, 0.05) is 31.0 Å². The molecule has 2 aliphatic rings. The highest BCUT2D eigenvalue weighted by Crippen LogP contribution is 2.32. The van der Waals surface area contributed by atoms with E-state index in [4.69, 9.17) is 15.6 Å². The number of rotatable bonds is 1. The Morgan fingerprint density at radius 2 is 2.19 bits per heavy atom. The minimum absolute atomic E-state index is 0.448. The van der Waals surface area contributed by atoms with Crippen molar-refractivity contribution in [3.63, 3.8) is 0 Å². The Bertz CT molecular complexity index is 385. The summed E-state index contributed by atoms with van der Waals surface area (Å²) < 4.78 is 7.43. The molecule has 88 valence electrons. The molecule has 2 aliphatic heterocycles. The number of aromatic nitrogens is 2. The summed E-state index contributed by atoms with van der Waals surface area (Å²) in [5, 5.41) is 4.70. The molecule has 5 heteroatoms. The lowest BCUT2D eigenvalue weighted by Gasteiger charge is -2.23. The third kappa shape index (κ3) is 1.72. The standard InChI is InChI=1S/C11H17N3OS/c12-11-9-7-16-6-3-10(9)13-14(11)8-1-4-15-5-2-8/h8H,1-7,12H2. The average molecular weight is 239 g/mol. The highest BCUT2D eigenvalue weighted by molar-refractivity contribution is 7.98. The van der Waals surface area contributed by atoms with E-state index in [-0.39, 0.29) is 0 Å². The third-order valence-corrected chi connectivity index (χ3v) is 4.38. The van der Waals surface area contributed by atoms with Gasteiger partial charge in [0.2, 0.25) is 0 Å². The van der Waals surface area contributed by atoms with E-state index in [2.05, 4.69) is 4.68 Å². The number of fused-ring (bicyclic) bond motifs is 1. The van der Waals surface area contributed by atoms with Crippen LogP contribution >= 0.6 is 11.8 Å². The van der Waals surface area contributed by atoms with Gasteiger partial charge in [-0.1, -0.05) is 0 Å². The van der Waals surface area contributed by atoms with E-state index in [0.29, 0.717) is 6.04 Å². The van der Waals surface area contributed by atoms with Gasteiger partial charge < -0.3 is 10.5 Å². The summed E-state index contributed by atoms with van der Waals surface area (Å²) >= 11 is 1.95. The summed E-state index contributed by atoms with van der Waals surface area (Å²) in [4.78, 5) is 0. The van der Waals surface area contributed by atoms with Crippen molar-refractivity contribution in [2.24, 2.45) is 0 Å². The highest BCUT2D eigenvalue weighted by Gasteiger charge is 2.24. The molecule has 16 heavy (non-hydrogen) atoms. The monoisotopic (exact) mass is 239 g/mol. The third-order valence-electron chi connectivity index (χ3n) is 3.40. The summed E-state index contributed by atoms with van der Waals surface area (Å²) in [7, 11) is 0. The Balaban J connectivity index is 1.91. The number of nitrogen functional groups attached to an aromatic ring is 1. The zero-order valence-electron chi connectivity index (χ0n) is 9.32. The Labute approximate surface area is 99.5 Å². The van der Waals surface area contributed by atoms with E-state index in [0.717, 1.165) is 44.0 Å². The summed E-state index contributed by atoms with van der Waals surface area (Å²) in [6.07, 6.45) is 3.15. The lowest BCUT2D eigenvalue weighted by molar-refractivity contribution is 0.0668. The first-order chi connectivity index (χ1) is 7.86. The number of nitrogens with zero attached hydrogens (tertiary/aromatic N) is 2. The maximum Gasteiger partial charge on any atom is 0.126 e. The van der Waals surface area contributed by atoms with Gasteiger partial charge in [-0.25, -0.2) is 4.68 Å². The van der Waals surface area contributed by atoms with E-state index in [1.165, 1.54) is 17.0 Å². The zero-order valence-corrected chi connectivity index (χ0v) is 10.1. The van der Waals surface area contributed by atoms with Gasteiger partial charge in [0.15, 0.2) is 0 Å². The van der Waals surface area contributed by atoms with Gasteiger partial charge in [-0.05, 0) is 18.6 Å². The van der Waals surface area contributed by atoms with E-state index in [1.807, 2.05) is 11.8 Å². The Morgan fingerprint density at radius 1 is 1.38 bits per heavy atom. The molecular formula is C11H17N3OS. The SMILES string of the molecule is Nc1c2c(nn1C1CCOCC1)CCSC2. The van der Waals surface area contributed by atoms with Crippen LogP contribution in [0.2, 0.25) is 0 Å². The number of thioether (sulfide) groups is 1. The van der Waals surface area contributed by atoms with Gasteiger partial charge in [0.05, 0.1) is 11.7 Å². The maximum atomic E-state index is 6.20. The number of hydrogen-bond acceptors (Lipinski definition) is 4. The molecule has 0 aromatic carbocycles. The highest BCUT2D eigenvalue weighted by atomic mass is 32.2. The molecule has 3 heterocycles. The molecule has 3 rings (SSSR count). The van der Waals surface area contributed by atoms with Crippen LogP contribution in [0.4, 0.5) is 5.82 Å². The fourth-order valence-electron chi connectivity index (χ4n) is 2.44. The first-order valence-corrected chi connectivity index (χ1v) is 7.03. The smallest absolute Gasteiger partial charge is 0.126 e. The van der Waals surface area contributed by atoms with Crippen LogP contribution in [0, 0.1) is 0 Å². The van der Waals surface area contributed by atoms with Crippen LogP contribution in [-0.4, -0.2) is 28.7 Å². The molecule has 0 saturated carbocycles. The van der Waals surface area contributed by atoms with Crippen molar-refractivity contribution >= 4 is 17.6 Å². The second-order valence-corrected chi connectivity index (χ2v) is 5.51. The van der Waals surface area contributed by atoms with Crippen LogP contribution in [0.25, 0.3) is 0 Å². The molecule has 0 amide bonds. The Kier molecular flexibility index (Phi) is 2.81. The molecule has 0 aliphatic carbocycles. The lowest BCUT2D eigenvalue weighted by Crippen LogP contribution is -2.21. The molecule has 1 saturated heterocycles. The van der Waals surface area contributed by atoms with E-state index in [1.54, 1.807) is 0 Å². The number of nitrogens with two attached hydrogens (primary N) is 1. The fourth-order valence-corrected chi connectivity index (χ4v) is 3.44. The molecule has 0 spiro atoms. The number of hydrogen-bond donors (Lipinski definition) is 1. The summed E-state index contributed by atoms with van der Waals surface area (Å²) in [5.74, 6) is 3.11. The molecule has 1 aromatic heterocycles. The van der Waals surface area contributed by atoms with Crippen molar-refractivity contribution in [2.45, 2.75) is 31.1 Å². The van der Waals surface area contributed by atoms with Crippen LogP contribution in [-0.2, 0) is 16.9 Å². The van der Waals surface area contributed by atoms with Crippen molar-refractivity contribution in [1.82, 2.24) is 9.78 Å². The maximum absolute atomic E-state index is 6.20. The van der Waals surface area contributed by atoms with Gasteiger partial charge in [0.25, 0.3) is 0 Å². The molecule has 2 N–H and O–H groups in total. The first kappa shape index (κ1) is 10.5. The van der Waals surface area contributed by atoms with Crippen molar-refractivity contribution in [3.05, 3.63) is 11.3 Å². The minimum atomic E-state index is 0.448. The van der Waals surface area contributed by atoms with Crippen molar-refractivity contribution in [3.8, 4) is 0 Å². The van der Waals surface area contributed by atoms with Gasteiger partial charge in [-0.3, -0.25) is 0 Å². The second kappa shape index (κ2) is 4.30. The predicted octanol–water partition coefficient (Wildman–Crippen LogP) is 1.61.